The molecular formula is C25H30F3N3O2. The average Bonchev–Trinajstić information content (AvgIpc) is 3.51. The van der Waals surface area contributed by atoms with Gasteiger partial charge in [-0.05, 0) is 57.0 Å². The van der Waals surface area contributed by atoms with E-state index in [4.69, 9.17) is 4.74 Å². The number of benzene rings is 1. The molecule has 1 aromatic heterocycles. The van der Waals surface area contributed by atoms with Gasteiger partial charge in [-0.1, -0.05) is 6.92 Å². The number of hydrogen-bond acceptors (Lipinski definition) is 4. The second kappa shape index (κ2) is 9.43. The Balaban J connectivity index is 1.41. The monoisotopic (exact) mass is 461 g/mol. The van der Waals surface area contributed by atoms with Gasteiger partial charge in [0.05, 0.1) is 29.0 Å². The Bertz CT molecular complexity index is 1010. The van der Waals surface area contributed by atoms with Crippen molar-refractivity contribution in [1.29, 1.82) is 0 Å². The third-order valence-electron chi connectivity index (χ3n) is 6.63. The molecule has 2 aliphatic rings. The quantitative estimate of drug-likeness (QED) is 0.591. The highest BCUT2D eigenvalue weighted by Gasteiger charge is 2.54. The Morgan fingerprint density at radius 2 is 1.94 bits per heavy atom. The Hall–Kier alpha value is -2.45. The third kappa shape index (κ3) is 5.55. The summed E-state index contributed by atoms with van der Waals surface area (Å²) in [7, 11) is 0. The average molecular weight is 462 g/mol. The Labute approximate surface area is 192 Å². The Kier molecular flexibility index (Phi) is 6.77. The number of amides is 1. The molecule has 1 aliphatic heterocycles. The maximum Gasteiger partial charge on any atom is 0.257 e. The summed E-state index contributed by atoms with van der Waals surface area (Å²) in [6.07, 6.45) is 4.49. The van der Waals surface area contributed by atoms with Crippen molar-refractivity contribution in [2.75, 3.05) is 32.7 Å². The number of halogens is 3. The van der Waals surface area contributed by atoms with Crippen LogP contribution in [0.15, 0.2) is 36.5 Å². The van der Waals surface area contributed by atoms with Gasteiger partial charge in [-0.3, -0.25) is 9.78 Å². The van der Waals surface area contributed by atoms with Crippen LogP contribution in [-0.4, -0.2) is 64.6 Å². The van der Waals surface area contributed by atoms with Crippen molar-refractivity contribution >= 4 is 5.91 Å². The van der Waals surface area contributed by atoms with Crippen molar-refractivity contribution in [3.8, 4) is 0 Å². The highest BCUT2D eigenvalue weighted by atomic mass is 19.1. The first kappa shape index (κ1) is 23.7. The summed E-state index contributed by atoms with van der Waals surface area (Å²) in [5.41, 5.74) is -0.645. The molecule has 0 radical (unpaired) electrons. The maximum atomic E-state index is 14.3. The zero-order chi connectivity index (χ0) is 23.6. The summed E-state index contributed by atoms with van der Waals surface area (Å²) in [5, 5.41) is 0. The topological polar surface area (TPSA) is 45.7 Å². The van der Waals surface area contributed by atoms with Gasteiger partial charge in [-0.15, -0.1) is 0 Å². The van der Waals surface area contributed by atoms with E-state index in [2.05, 4.69) is 9.88 Å². The predicted molar refractivity (Wildman–Crippen MR) is 118 cm³/mol. The van der Waals surface area contributed by atoms with Crippen LogP contribution in [0.5, 0.6) is 0 Å². The van der Waals surface area contributed by atoms with Crippen molar-refractivity contribution in [1.82, 2.24) is 14.8 Å². The van der Waals surface area contributed by atoms with E-state index >= 15 is 0 Å². The van der Waals surface area contributed by atoms with E-state index in [0.717, 1.165) is 31.5 Å². The van der Waals surface area contributed by atoms with E-state index < -0.39 is 23.1 Å². The summed E-state index contributed by atoms with van der Waals surface area (Å²) in [4.78, 5) is 21.1. The molecule has 0 bridgehead atoms. The normalized spacial score (nSPS) is 21.6. The standard InChI is InChI=1S/C25H30F3N3O2/c1-3-30(13-8-22-20(27)5-4-12-29-22)14-11-24(2)16-31(17-25(33-24)9-10-25)23(32)19-7-6-18(26)15-21(19)28/h4-7,12,15H,3,8-11,13-14,16-17H2,1-2H3. The summed E-state index contributed by atoms with van der Waals surface area (Å²) in [6, 6.07) is 6.04. The summed E-state index contributed by atoms with van der Waals surface area (Å²) >= 11 is 0. The molecular weight excluding hydrogens is 431 g/mol. The van der Waals surface area contributed by atoms with Crippen molar-refractivity contribution in [2.45, 2.75) is 50.7 Å². The molecule has 1 saturated heterocycles. The lowest BCUT2D eigenvalue weighted by Gasteiger charge is -2.46. The smallest absolute Gasteiger partial charge is 0.257 e. The molecule has 2 aromatic rings. The number of pyridine rings is 1. The van der Waals surface area contributed by atoms with Crippen molar-refractivity contribution in [3.63, 3.8) is 0 Å². The number of rotatable bonds is 8. The van der Waals surface area contributed by atoms with Gasteiger partial charge >= 0.3 is 0 Å². The molecule has 8 heteroatoms. The van der Waals surface area contributed by atoms with E-state index in [9.17, 15) is 18.0 Å². The number of morpholine rings is 1. The minimum Gasteiger partial charge on any atom is -0.365 e. The number of nitrogens with zero attached hydrogens (tertiary/aromatic N) is 3. The number of carbonyl (C=O) groups is 1. The zero-order valence-electron chi connectivity index (χ0n) is 19.1. The SMILES string of the molecule is CCN(CCc1ncccc1F)CCC1(C)CN(C(=O)c2ccc(F)cc2F)CC2(CC2)O1. The molecule has 0 N–H and O–H groups in total. The minimum atomic E-state index is -0.850. The van der Waals surface area contributed by atoms with Crippen molar-refractivity contribution in [2.24, 2.45) is 0 Å². The van der Waals surface area contributed by atoms with Gasteiger partial charge in [0.1, 0.15) is 17.5 Å². The number of hydrogen-bond donors (Lipinski definition) is 0. The summed E-state index contributed by atoms with van der Waals surface area (Å²) in [6.45, 7) is 6.94. The first-order valence-electron chi connectivity index (χ1n) is 11.5. The summed E-state index contributed by atoms with van der Waals surface area (Å²) < 4.78 is 47.9. The molecule has 178 valence electrons. The second-order valence-corrected chi connectivity index (χ2v) is 9.39. The molecule has 1 unspecified atom stereocenters. The largest absolute Gasteiger partial charge is 0.365 e. The van der Waals surface area contributed by atoms with E-state index in [1.54, 1.807) is 17.2 Å². The fourth-order valence-corrected chi connectivity index (χ4v) is 4.59. The van der Waals surface area contributed by atoms with Gasteiger partial charge < -0.3 is 14.5 Å². The Morgan fingerprint density at radius 3 is 2.61 bits per heavy atom. The molecule has 2 fully saturated rings. The molecule has 1 spiro atoms. The first-order valence-corrected chi connectivity index (χ1v) is 11.5. The zero-order valence-corrected chi connectivity index (χ0v) is 19.1. The van der Waals surface area contributed by atoms with Crippen LogP contribution in [0, 0.1) is 17.5 Å². The van der Waals surface area contributed by atoms with Gasteiger partial charge in [-0.2, -0.15) is 0 Å². The molecule has 4 rings (SSSR count). The van der Waals surface area contributed by atoms with Gasteiger partial charge in [0, 0.05) is 38.3 Å². The van der Waals surface area contributed by atoms with Crippen LogP contribution >= 0.6 is 0 Å². The lowest BCUT2D eigenvalue weighted by atomic mass is 9.96. The second-order valence-electron chi connectivity index (χ2n) is 9.39. The third-order valence-corrected chi connectivity index (χ3v) is 6.63. The van der Waals surface area contributed by atoms with Crippen molar-refractivity contribution < 1.29 is 22.7 Å². The lowest BCUT2D eigenvalue weighted by molar-refractivity contribution is -0.155. The van der Waals surface area contributed by atoms with Crippen LogP contribution in [0.25, 0.3) is 0 Å². The van der Waals surface area contributed by atoms with Crippen molar-refractivity contribution in [3.05, 3.63) is 65.2 Å². The molecule has 33 heavy (non-hydrogen) atoms. The van der Waals surface area contributed by atoms with E-state index in [1.807, 2.05) is 13.8 Å². The number of aromatic nitrogens is 1. The van der Waals surface area contributed by atoms with Crippen LogP contribution in [0.2, 0.25) is 0 Å². The molecule has 1 aliphatic carbocycles. The minimum absolute atomic E-state index is 0.121. The molecule has 1 amide bonds. The van der Waals surface area contributed by atoms with E-state index in [1.165, 1.54) is 12.1 Å². The van der Waals surface area contributed by atoms with Crippen LogP contribution in [-0.2, 0) is 11.2 Å². The van der Waals surface area contributed by atoms with E-state index in [-0.39, 0.29) is 17.0 Å². The number of carbonyl (C=O) groups excluding carboxylic acids is 1. The van der Waals surface area contributed by atoms with Crippen LogP contribution in [0.4, 0.5) is 13.2 Å². The van der Waals surface area contributed by atoms with Crippen LogP contribution < -0.4 is 0 Å². The maximum absolute atomic E-state index is 14.3. The first-order chi connectivity index (χ1) is 15.7. The van der Waals surface area contributed by atoms with Gasteiger partial charge in [0.15, 0.2) is 0 Å². The molecule has 2 heterocycles. The lowest BCUT2D eigenvalue weighted by Crippen LogP contribution is -2.58. The number of likely N-dealkylation sites (N-methyl/N-ethyl adjacent to an activating group) is 1. The van der Waals surface area contributed by atoms with Crippen LogP contribution in [0.3, 0.4) is 0 Å². The van der Waals surface area contributed by atoms with Gasteiger partial charge in [0.25, 0.3) is 5.91 Å². The highest BCUT2D eigenvalue weighted by molar-refractivity contribution is 5.94. The Morgan fingerprint density at radius 1 is 1.15 bits per heavy atom. The van der Waals surface area contributed by atoms with Gasteiger partial charge in [-0.25, -0.2) is 13.2 Å². The predicted octanol–water partition coefficient (Wildman–Crippen LogP) is 4.22. The van der Waals surface area contributed by atoms with Crippen LogP contribution in [0.1, 0.15) is 49.2 Å². The molecule has 5 nitrogen and oxygen atoms in total. The fourth-order valence-electron chi connectivity index (χ4n) is 4.59. The van der Waals surface area contributed by atoms with E-state index in [0.29, 0.717) is 44.7 Å². The van der Waals surface area contributed by atoms with Gasteiger partial charge in [0.2, 0.25) is 0 Å². The number of ether oxygens (including phenoxy) is 1. The highest BCUT2D eigenvalue weighted by Crippen LogP contribution is 2.47. The summed E-state index contributed by atoms with van der Waals surface area (Å²) in [5.74, 6) is -2.29. The molecule has 1 atom stereocenters. The molecule has 1 saturated carbocycles. The fraction of sp³-hybridized carbons (Fsp3) is 0.520. The molecule has 1 aromatic carbocycles.